The van der Waals surface area contributed by atoms with E-state index in [1.54, 1.807) is 0 Å². The van der Waals surface area contributed by atoms with Gasteiger partial charge in [-0.2, -0.15) is 0 Å². The number of likely N-dealkylation sites (tertiary alicyclic amines) is 1. The standard InChI is InChI=1S/C18H23NO/c1-14-8-10-16(11-9-14)17-7-4-12-19(17)18(20)13-15-5-2-3-6-15/h2,5,8-11,15,17H,3-4,6-7,12-13H2,1H3. The Bertz CT molecular complexity index is 503. The van der Waals surface area contributed by atoms with Crippen molar-refractivity contribution in [1.29, 1.82) is 0 Å². The van der Waals surface area contributed by atoms with E-state index in [0.29, 0.717) is 24.3 Å². The molecular formula is C18H23NO. The lowest BCUT2D eigenvalue weighted by atomic mass is 10.0. The van der Waals surface area contributed by atoms with Crippen LogP contribution in [0.5, 0.6) is 0 Å². The average Bonchev–Trinajstić information content (AvgIpc) is 3.10. The van der Waals surface area contributed by atoms with Crippen molar-refractivity contribution >= 4 is 5.91 Å². The molecule has 1 aromatic carbocycles. The normalized spacial score (nSPS) is 25.4. The highest BCUT2D eigenvalue weighted by Gasteiger charge is 2.30. The molecule has 3 rings (SSSR count). The number of rotatable bonds is 3. The highest BCUT2D eigenvalue weighted by atomic mass is 16.2. The van der Waals surface area contributed by atoms with Gasteiger partial charge in [0.1, 0.15) is 0 Å². The minimum atomic E-state index is 0.300. The molecule has 106 valence electrons. The third-order valence-electron chi connectivity index (χ3n) is 4.58. The number of hydrogen-bond acceptors (Lipinski definition) is 1. The van der Waals surface area contributed by atoms with Gasteiger partial charge in [0.15, 0.2) is 0 Å². The molecule has 0 radical (unpaired) electrons. The molecule has 1 heterocycles. The first-order valence-electron chi connectivity index (χ1n) is 7.77. The molecule has 0 bridgehead atoms. The Morgan fingerprint density at radius 2 is 2.05 bits per heavy atom. The maximum atomic E-state index is 12.5. The van der Waals surface area contributed by atoms with E-state index in [2.05, 4.69) is 48.2 Å². The van der Waals surface area contributed by atoms with E-state index < -0.39 is 0 Å². The van der Waals surface area contributed by atoms with Gasteiger partial charge < -0.3 is 4.90 Å². The van der Waals surface area contributed by atoms with E-state index in [1.165, 1.54) is 11.1 Å². The summed E-state index contributed by atoms with van der Waals surface area (Å²) in [4.78, 5) is 14.7. The Morgan fingerprint density at radius 3 is 2.75 bits per heavy atom. The van der Waals surface area contributed by atoms with Crippen molar-refractivity contribution in [2.75, 3.05) is 6.54 Å². The summed E-state index contributed by atoms with van der Waals surface area (Å²) in [5.74, 6) is 0.811. The van der Waals surface area contributed by atoms with Crippen LogP contribution in [0.25, 0.3) is 0 Å². The lowest BCUT2D eigenvalue weighted by molar-refractivity contribution is -0.132. The van der Waals surface area contributed by atoms with Gasteiger partial charge in [-0.1, -0.05) is 42.0 Å². The number of aryl methyl sites for hydroxylation is 1. The van der Waals surface area contributed by atoms with Crippen LogP contribution in [0.4, 0.5) is 0 Å². The SMILES string of the molecule is Cc1ccc(C2CCCN2C(=O)CC2C=CCC2)cc1. The molecule has 2 nitrogen and oxygen atoms in total. The fourth-order valence-corrected chi connectivity index (χ4v) is 3.41. The van der Waals surface area contributed by atoms with Crippen LogP contribution in [0.1, 0.15) is 49.3 Å². The second-order valence-corrected chi connectivity index (χ2v) is 6.13. The van der Waals surface area contributed by atoms with Crippen LogP contribution in [0.2, 0.25) is 0 Å². The molecule has 1 amide bonds. The minimum absolute atomic E-state index is 0.300. The molecule has 0 saturated carbocycles. The number of benzene rings is 1. The lowest BCUT2D eigenvalue weighted by Crippen LogP contribution is -2.31. The number of carbonyl (C=O) groups excluding carboxylic acids is 1. The van der Waals surface area contributed by atoms with Crippen LogP contribution in [0.3, 0.4) is 0 Å². The zero-order valence-electron chi connectivity index (χ0n) is 12.2. The summed E-state index contributed by atoms with van der Waals surface area (Å²) in [7, 11) is 0. The Hall–Kier alpha value is -1.57. The summed E-state index contributed by atoms with van der Waals surface area (Å²) in [6.07, 6.45) is 9.64. The number of carbonyl (C=O) groups is 1. The monoisotopic (exact) mass is 269 g/mol. The van der Waals surface area contributed by atoms with E-state index in [9.17, 15) is 4.79 Å². The number of nitrogens with zero attached hydrogens (tertiary/aromatic N) is 1. The smallest absolute Gasteiger partial charge is 0.223 e. The minimum Gasteiger partial charge on any atom is -0.336 e. The van der Waals surface area contributed by atoms with Gasteiger partial charge in [-0.15, -0.1) is 0 Å². The summed E-state index contributed by atoms with van der Waals surface area (Å²) in [5, 5.41) is 0. The summed E-state index contributed by atoms with van der Waals surface area (Å²) >= 11 is 0. The van der Waals surface area contributed by atoms with Gasteiger partial charge in [0.2, 0.25) is 5.91 Å². The van der Waals surface area contributed by atoms with Gasteiger partial charge in [0, 0.05) is 13.0 Å². The molecule has 1 aromatic rings. The largest absolute Gasteiger partial charge is 0.336 e. The van der Waals surface area contributed by atoms with E-state index in [4.69, 9.17) is 0 Å². The first kappa shape index (κ1) is 13.4. The van der Waals surface area contributed by atoms with Crippen molar-refractivity contribution in [3.05, 3.63) is 47.5 Å². The van der Waals surface area contributed by atoms with Crippen LogP contribution in [0.15, 0.2) is 36.4 Å². The maximum Gasteiger partial charge on any atom is 0.223 e. The molecule has 2 aliphatic rings. The zero-order valence-corrected chi connectivity index (χ0v) is 12.2. The predicted molar refractivity (Wildman–Crippen MR) is 81.3 cm³/mol. The van der Waals surface area contributed by atoms with Crippen LogP contribution < -0.4 is 0 Å². The van der Waals surface area contributed by atoms with Gasteiger partial charge >= 0.3 is 0 Å². The summed E-state index contributed by atoms with van der Waals surface area (Å²) < 4.78 is 0. The molecule has 2 unspecified atom stereocenters. The highest BCUT2D eigenvalue weighted by molar-refractivity contribution is 5.77. The number of allylic oxidation sites excluding steroid dienone is 2. The molecule has 2 heteroatoms. The molecule has 20 heavy (non-hydrogen) atoms. The van der Waals surface area contributed by atoms with Crippen molar-refractivity contribution < 1.29 is 4.79 Å². The molecule has 1 aliphatic carbocycles. The molecule has 1 saturated heterocycles. The van der Waals surface area contributed by atoms with Gasteiger partial charge in [-0.25, -0.2) is 0 Å². The Labute approximate surface area is 121 Å². The van der Waals surface area contributed by atoms with Crippen LogP contribution >= 0.6 is 0 Å². The quantitative estimate of drug-likeness (QED) is 0.759. The third kappa shape index (κ3) is 2.79. The van der Waals surface area contributed by atoms with E-state index in [1.807, 2.05) is 0 Å². The first-order chi connectivity index (χ1) is 9.74. The Morgan fingerprint density at radius 1 is 1.25 bits per heavy atom. The van der Waals surface area contributed by atoms with Gasteiger partial charge in [-0.3, -0.25) is 4.79 Å². The van der Waals surface area contributed by atoms with E-state index in [-0.39, 0.29) is 0 Å². The predicted octanol–water partition coefficient (Wildman–Crippen LogP) is 4.01. The number of hydrogen-bond donors (Lipinski definition) is 0. The highest BCUT2D eigenvalue weighted by Crippen LogP contribution is 2.33. The second-order valence-electron chi connectivity index (χ2n) is 6.13. The second kappa shape index (κ2) is 5.82. The third-order valence-corrected chi connectivity index (χ3v) is 4.58. The molecule has 2 atom stereocenters. The van der Waals surface area contributed by atoms with Crippen molar-refractivity contribution in [3.8, 4) is 0 Å². The molecule has 1 fully saturated rings. The topological polar surface area (TPSA) is 20.3 Å². The fourth-order valence-electron chi connectivity index (χ4n) is 3.41. The molecule has 0 aromatic heterocycles. The van der Waals surface area contributed by atoms with Gasteiger partial charge in [-0.05, 0) is 44.1 Å². The fraction of sp³-hybridized carbons (Fsp3) is 0.500. The Kier molecular flexibility index (Phi) is 3.90. The summed E-state index contributed by atoms with van der Waals surface area (Å²) in [5.41, 5.74) is 2.57. The van der Waals surface area contributed by atoms with E-state index >= 15 is 0 Å². The maximum absolute atomic E-state index is 12.5. The van der Waals surface area contributed by atoms with Gasteiger partial charge in [0.05, 0.1) is 6.04 Å². The van der Waals surface area contributed by atoms with Crippen molar-refractivity contribution in [2.24, 2.45) is 5.92 Å². The van der Waals surface area contributed by atoms with Gasteiger partial charge in [0.25, 0.3) is 0 Å². The van der Waals surface area contributed by atoms with Crippen LogP contribution in [0, 0.1) is 12.8 Å². The van der Waals surface area contributed by atoms with Crippen molar-refractivity contribution in [3.63, 3.8) is 0 Å². The lowest BCUT2D eigenvalue weighted by Gasteiger charge is -2.26. The van der Waals surface area contributed by atoms with Crippen molar-refractivity contribution in [1.82, 2.24) is 4.90 Å². The Balaban J connectivity index is 1.69. The van der Waals surface area contributed by atoms with E-state index in [0.717, 1.165) is 32.2 Å². The van der Waals surface area contributed by atoms with Crippen LogP contribution in [-0.4, -0.2) is 17.4 Å². The first-order valence-corrected chi connectivity index (χ1v) is 7.77. The van der Waals surface area contributed by atoms with Crippen LogP contribution in [-0.2, 0) is 4.79 Å². The molecule has 0 spiro atoms. The summed E-state index contributed by atoms with van der Waals surface area (Å²) in [6, 6.07) is 8.96. The number of amides is 1. The zero-order chi connectivity index (χ0) is 13.9. The molecule has 1 aliphatic heterocycles. The molecule has 0 N–H and O–H groups in total. The molecular weight excluding hydrogens is 246 g/mol. The average molecular weight is 269 g/mol. The van der Waals surface area contributed by atoms with Crippen molar-refractivity contribution in [2.45, 2.75) is 45.1 Å². The summed E-state index contributed by atoms with van der Waals surface area (Å²) in [6.45, 7) is 3.03.